The molecule has 0 aliphatic rings. The maximum absolute atomic E-state index is 13.2. The molecule has 21 heavy (non-hydrogen) atoms. The SMILES string of the molecule is CCCCOc1ccc(C(N)Cc2cccc(F)c2)cc1. The van der Waals surface area contributed by atoms with E-state index >= 15 is 0 Å². The lowest BCUT2D eigenvalue weighted by Crippen LogP contribution is -2.13. The second-order valence-corrected chi connectivity index (χ2v) is 5.21. The number of halogens is 1. The zero-order chi connectivity index (χ0) is 15.1. The minimum absolute atomic E-state index is 0.142. The highest BCUT2D eigenvalue weighted by Crippen LogP contribution is 2.20. The molecule has 0 saturated heterocycles. The minimum Gasteiger partial charge on any atom is -0.494 e. The van der Waals surface area contributed by atoms with Crippen molar-refractivity contribution in [2.45, 2.75) is 32.2 Å². The number of nitrogens with two attached hydrogens (primary N) is 1. The Hall–Kier alpha value is -1.87. The maximum Gasteiger partial charge on any atom is 0.123 e. The first-order valence-electron chi connectivity index (χ1n) is 7.42. The van der Waals surface area contributed by atoms with Crippen molar-refractivity contribution in [3.63, 3.8) is 0 Å². The Bertz CT molecular complexity index is 553. The summed E-state index contributed by atoms with van der Waals surface area (Å²) in [4.78, 5) is 0. The van der Waals surface area contributed by atoms with Crippen LogP contribution in [-0.4, -0.2) is 6.61 Å². The predicted molar refractivity (Wildman–Crippen MR) is 83.9 cm³/mol. The van der Waals surface area contributed by atoms with Crippen LogP contribution < -0.4 is 10.5 Å². The maximum atomic E-state index is 13.2. The third-order valence-electron chi connectivity index (χ3n) is 3.42. The Morgan fingerprint density at radius 2 is 1.90 bits per heavy atom. The summed E-state index contributed by atoms with van der Waals surface area (Å²) in [6, 6.07) is 14.3. The standard InChI is InChI=1S/C18H22FNO/c1-2-3-11-21-17-9-7-15(8-10-17)18(20)13-14-5-4-6-16(19)12-14/h4-10,12,18H,2-3,11,13,20H2,1H3. The molecule has 0 aromatic heterocycles. The van der Waals surface area contributed by atoms with E-state index in [-0.39, 0.29) is 11.9 Å². The van der Waals surface area contributed by atoms with Gasteiger partial charge in [0.05, 0.1) is 6.61 Å². The normalized spacial score (nSPS) is 12.1. The zero-order valence-corrected chi connectivity index (χ0v) is 12.4. The van der Waals surface area contributed by atoms with E-state index in [0.717, 1.165) is 36.3 Å². The Morgan fingerprint density at radius 1 is 1.14 bits per heavy atom. The van der Waals surface area contributed by atoms with Gasteiger partial charge in [0.15, 0.2) is 0 Å². The van der Waals surface area contributed by atoms with E-state index in [1.165, 1.54) is 12.1 Å². The Morgan fingerprint density at radius 3 is 2.57 bits per heavy atom. The van der Waals surface area contributed by atoms with E-state index in [2.05, 4.69) is 6.92 Å². The van der Waals surface area contributed by atoms with Gasteiger partial charge in [-0.1, -0.05) is 37.6 Å². The fraction of sp³-hybridized carbons (Fsp3) is 0.333. The number of unbranched alkanes of at least 4 members (excludes halogenated alkanes) is 1. The smallest absolute Gasteiger partial charge is 0.123 e. The quantitative estimate of drug-likeness (QED) is 0.773. The van der Waals surface area contributed by atoms with Crippen LogP contribution in [0.5, 0.6) is 5.75 Å². The average molecular weight is 287 g/mol. The van der Waals surface area contributed by atoms with Crippen LogP contribution >= 0.6 is 0 Å². The van der Waals surface area contributed by atoms with Crippen molar-refractivity contribution in [2.75, 3.05) is 6.61 Å². The third-order valence-corrected chi connectivity index (χ3v) is 3.42. The van der Waals surface area contributed by atoms with Gasteiger partial charge in [0.2, 0.25) is 0 Å². The molecule has 0 amide bonds. The van der Waals surface area contributed by atoms with Crippen molar-refractivity contribution in [1.29, 1.82) is 0 Å². The lowest BCUT2D eigenvalue weighted by atomic mass is 9.99. The first kappa shape index (κ1) is 15.5. The molecule has 0 aliphatic heterocycles. The first-order valence-corrected chi connectivity index (χ1v) is 7.42. The van der Waals surface area contributed by atoms with Gasteiger partial charge < -0.3 is 10.5 Å². The third kappa shape index (κ3) is 4.87. The zero-order valence-electron chi connectivity index (χ0n) is 12.4. The number of hydrogen-bond donors (Lipinski definition) is 1. The van der Waals surface area contributed by atoms with Crippen LogP contribution in [0.4, 0.5) is 4.39 Å². The summed E-state index contributed by atoms with van der Waals surface area (Å²) in [5.74, 6) is 0.643. The molecule has 0 bridgehead atoms. The number of benzene rings is 2. The molecule has 0 radical (unpaired) electrons. The lowest BCUT2D eigenvalue weighted by Gasteiger charge is -2.13. The molecular weight excluding hydrogens is 265 g/mol. The van der Waals surface area contributed by atoms with Gasteiger partial charge >= 0.3 is 0 Å². The molecule has 112 valence electrons. The molecule has 2 aromatic rings. The van der Waals surface area contributed by atoms with E-state index in [1.807, 2.05) is 30.3 Å². The molecule has 0 heterocycles. The number of rotatable bonds is 7. The lowest BCUT2D eigenvalue weighted by molar-refractivity contribution is 0.309. The summed E-state index contributed by atoms with van der Waals surface area (Å²) >= 11 is 0. The second-order valence-electron chi connectivity index (χ2n) is 5.21. The van der Waals surface area contributed by atoms with Crippen molar-refractivity contribution in [2.24, 2.45) is 5.73 Å². The van der Waals surface area contributed by atoms with Gasteiger partial charge in [-0.05, 0) is 48.2 Å². The summed E-state index contributed by atoms with van der Waals surface area (Å²) in [5.41, 5.74) is 8.12. The van der Waals surface area contributed by atoms with Gasteiger partial charge in [-0.25, -0.2) is 4.39 Å². The van der Waals surface area contributed by atoms with Crippen molar-refractivity contribution < 1.29 is 9.13 Å². The molecule has 1 atom stereocenters. The van der Waals surface area contributed by atoms with E-state index in [1.54, 1.807) is 6.07 Å². The summed E-state index contributed by atoms with van der Waals surface area (Å²) in [7, 11) is 0. The highest BCUT2D eigenvalue weighted by atomic mass is 19.1. The van der Waals surface area contributed by atoms with E-state index < -0.39 is 0 Å². The molecule has 2 nitrogen and oxygen atoms in total. The molecule has 2 rings (SSSR count). The van der Waals surface area contributed by atoms with Crippen molar-refractivity contribution >= 4 is 0 Å². The summed E-state index contributed by atoms with van der Waals surface area (Å²) < 4.78 is 18.8. The molecule has 0 saturated carbocycles. The topological polar surface area (TPSA) is 35.2 Å². The van der Waals surface area contributed by atoms with Crippen LogP contribution in [0.3, 0.4) is 0 Å². The summed E-state index contributed by atoms with van der Waals surface area (Å²) in [6.45, 7) is 2.88. The highest BCUT2D eigenvalue weighted by Gasteiger charge is 2.08. The van der Waals surface area contributed by atoms with Crippen LogP contribution in [0.15, 0.2) is 48.5 Å². The van der Waals surface area contributed by atoms with Gasteiger partial charge in [0, 0.05) is 6.04 Å². The Kier molecular flexibility index (Phi) is 5.76. The van der Waals surface area contributed by atoms with E-state index in [0.29, 0.717) is 6.42 Å². The molecule has 0 aliphatic carbocycles. The largest absolute Gasteiger partial charge is 0.494 e. The molecule has 1 unspecified atom stereocenters. The summed E-state index contributed by atoms with van der Waals surface area (Å²) in [6.07, 6.45) is 2.80. The molecule has 2 aromatic carbocycles. The average Bonchev–Trinajstić information content (AvgIpc) is 2.48. The highest BCUT2D eigenvalue weighted by molar-refractivity contribution is 5.30. The van der Waals surface area contributed by atoms with Gasteiger partial charge in [0.25, 0.3) is 0 Å². The number of hydrogen-bond acceptors (Lipinski definition) is 2. The fourth-order valence-corrected chi connectivity index (χ4v) is 2.18. The van der Waals surface area contributed by atoms with Crippen LogP contribution in [0.25, 0.3) is 0 Å². The predicted octanol–water partition coefficient (Wildman–Crippen LogP) is 4.25. The number of ether oxygens (including phenoxy) is 1. The molecule has 0 fully saturated rings. The first-order chi connectivity index (χ1) is 10.2. The van der Waals surface area contributed by atoms with E-state index in [9.17, 15) is 4.39 Å². The summed E-state index contributed by atoms with van der Waals surface area (Å²) in [5, 5.41) is 0. The van der Waals surface area contributed by atoms with Gasteiger partial charge in [-0.3, -0.25) is 0 Å². The monoisotopic (exact) mass is 287 g/mol. The molecule has 0 spiro atoms. The second kappa shape index (κ2) is 7.79. The fourth-order valence-electron chi connectivity index (χ4n) is 2.18. The Labute approximate surface area is 125 Å². The van der Waals surface area contributed by atoms with Crippen LogP contribution in [0.1, 0.15) is 36.9 Å². The van der Waals surface area contributed by atoms with Crippen LogP contribution in [0, 0.1) is 5.82 Å². The van der Waals surface area contributed by atoms with Crippen molar-refractivity contribution in [3.8, 4) is 5.75 Å². The Balaban J connectivity index is 1.94. The van der Waals surface area contributed by atoms with Gasteiger partial charge in [-0.15, -0.1) is 0 Å². The van der Waals surface area contributed by atoms with Crippen LogP contribution in [0.2, 0.25) is 0 Å². The van der Waals surface area contributed by atoms with Crippen molar-refractivity contribution in [3.05, 3.63) is 65.5 Å². The van der Waals surface area contributed by atoms with Crippen molar-refractivity contribution in [1.82, 2.24) is 0 Å². The molecule has 2 N–H and O–H groups in total. The molecule has 3 heteroatoms. The van der Waals surface area contributed by atoms with Crippen LogP contribution in [-0.2, 0) is 6.42 Å². The van der Waals surface area contributed by atoms with E-state index in [4.69, 9.17) is 10.5 Å². The van der Waals surface area contributed by atoms with Gasteiger partial charge in [-0.2, -0.15) is 0 Å². The minimum atomic E-state index is -0.223. The molecular formula is C18H22FNO. The van der Waals surface area contributed by atoms with Gasteiger partial charge in [0.1, 0.15) is 11.6 Å².